The maximum absolute atomic E-state index is 9.99. The van der Waals surface area contributed by atoms with Gasteiger partial charge in [-0.3, -0.25) is 0 Å². The molecule has 1 aromatic rings. The van der Waals surface area contributed by atoms with Gasteiger partial charge in [-0.15, -0.1) is 11.3 Å². The Kier molecular flexibility index (Phi) is 4.54. The zero-order chi connectivity index (χ0) is 12.3. The number of ether oxygens (including phenoxy) is 1. The van der Waals surface area contributed by atoms with E-state index < -0.39 is 0 Å². The van der Waals surface area contributed by atoms with Crippen molar-refractivity contribution in [2.75, 3.05) is 6.61 Å². The fraction of sp³-hybridized carbons (Fsp3) is 0.769. The molecular weight excluding hydrogens is 234 g/mol. The Labute approximate surface area is 107 Å². The number of aliphatic hydroxyl groups excluding tert-OH is 1. The van der Waals surface area contributed by atoms with Crippen molar-refractivity contribution in [1.82, 2.24) is 4.98 Å². The lowest BCUT2D eigenvalue weighted by Gasteiger charge is -2.35. The van der Waals surface area contributed by atoms with E-state index in [0.717, 1.165) is 36.6 Å². The predicted molar refractivity (Wildman–Crippen MR) is 69.3 cm³/mol. The summed E-state index contributed by atoms with van der Waals surface area (Å²) in [5, 5.41) is 13.1. The van der Waals surface area contributed by atoms with Crippen molar-refractivity contribution >= 4 is 11.3 Å². The molecular formula is C13H21NO2S. The Morgan fingerprint density at radius 1 is 1.59 bits per heavy atom. The van der Waals surface area contributed by atoms with Gasteiger partial charge in [-0.2, -0.15) is 0 Å². The first-order chi connectivity index (χ1) is 8.17. The van der Waals surface area contributed by atoms with Crippen molar-refractivity contribution in [1.29, 1.82) is 0 Å². The molecule has 0 saturated heterocycles. The van der Waals surface area contributed by atoms with Crippen LogP contribution in [0.4, 0.5) is 0 Å². The topological polar surface area (TPSA) is 42.4 Å². The normalized spacial score (nSPS) is 25.6. The van der Waals surface area contributed by atoms with Crippen LogP contribution < -0.4 is 0 Å². The highest BCUT2D eigenvalue weighted by Gasteiger charge is 2.31. The van der Waals surface area contributed by atoms with Crippen LogP contribution in [-0.2, 0) is 11.2 Å². The SMILES string of the molecule is CCOC1CC(CC(O)Cc2nc(C)cs2)C1. The molecule has 3 nitrogen and oxygen atoms in total. The van der Waals surface area contributed by atoms with E-state index in [1.165, 1.54) is 0 Å². The number of aryl methyl sites for hydroxylation is 1. The number of aliphatic hydroxyl groups is 1. The lowest BCUT2D eigenvalue weighted by Crippen LogP contribution is -2.34. The molecule has 1 heterocycles. The maximum Gasteiger partial charge on any atom is 0.0953 e. The maximum atomic E-state index is 9.99. The number of rotatable bonds is 6. The summed E-state index contributed by atoms with van der Waals surface area (Å²) < 4.78 is 5.52. The Morgan fingerprint density at radius 3 is 2.94 bits per heavy atom. The molecule has 96 valence electrons. The van der Waals surface area contributed by atoms with Gasteiger partial charge in [-0.1, -0.05) is 0 Å². The summed E-state index contributed by atoms with van der Waals surface area (Å²) in [5.74, 6) is 0.641. The molecule has 1 aliphatic carbocycles. The summed E-state index contributed by atoms with van der Waals surface area (Å²) in [6, 6.07) is 0. The highest BCUT2D eigenvalue weighted by Crippen LogP contribution is 2.34. The molecule has 1 aromatic heterocycles. The van der Waals surface area contributed by atoms with Crippen LogP contribution in [0.5, 0.6) is 0 Å². The zero-order valence-corrected chi connectivity index (χ0v) is 11.4. The molecule has 0 amide bonds. The third-order valence-corrected chi connectivity index (χ3v) is 4.27. The Balaban J connectivity index is 1.67. The summed E-state index contributed by atoms with van der Waals surface area (Å²) >= 11 is 1.64. The van der Waals surface area contributed by atoms with E-state index in [-0.39, 0.29) is 6.10 Å². The molecule has 1 N–H and O–H groups in total. The van der Waals surface area contributed by atoms with Gasteiger partial charge >= 0.3 is 0 Å². The molecule has 17 heavy (non-hydrogen) atoms. The van der Waals surface area contributed by atoms with Gasteiger partial charge in [0.2, 0.25) is 0 Å². The molecule has 0 aliphatic heterocycles. The van der Waals surface area contributed by atoms with Crippen molar-refractivity contribution in [3.8, 4) is 0 Å². The molecule has 1 atom stereocenters. The molecule has 0 spiro atoms. The minimum atomic E-state index is -0.242. The van der Waals surface area contributed by atoms with Crippen LogP contribution in [0.3, 0.4) is 0 Å². The Hall–Kier alpha value is -0.450. The molecule has 1 fully saturated rings. The Bertz CT molecular complexity index is 347. The lowest BCUT2D eigenvalue weighted by molar-refractivity contribution is -0.0375. The fourth-order valence-corrected chi connectivity index (χ4v) is 3.25. The molecule has 0 radical (unpaired) electrons. The van der Waals surface area contributed by atoms with Gasteiger partial charge < -0.3 is 9.84 Å². The van der Waals surface area contributed by atoms with Gasteiger partial charge in [-0.25, -0.2) is 4.98 Å². The molecule has 2 rings (SSSR count). The summed E-state index contributed by atoms with van der Waals surface area (Å²) in [7, 11) is 0. The van der Waals surface area contributed by atoms with Crippen LogP contribution in [0, 0.1) is 12.8 Å². The van der Waals surface area contributed by atoms with Crippen molar-refractivity contribution in [2.24, 2.45) is 5.92 Å². The number of hydrogen-bond donors (Lipinski definition) is 1. The smallest absolute Gasteiger partial charge is 0.0953 e. The van der Waals surface area contributed by atoms with Gasteiger partial charge in [0.15, 0.2) is 0 Å². The standard InChI is InChI=1S/C13H21NO2S/c1-3-16-12-5-10(6-12)4-11(15)7-13-14-9(2)8-17-13/h8,10-12,15H,3-7H2,1-2H3. The minimum Gasteiger partial charge on any atom is -0.393 e. The first-order valence-electron chi connectivity index (χ1n) is 6.38. The van der Waals surface area contributed by atoms with Gasteiger partial charge in [0.1, 0.15) is 0 Å². The van der Waals surface area contributed by atoms with E-state index in [4.69, 9.17) is 4.74 Å². The van der Waals surface area contributed by atoms with Crippen LogP contribution in [0.15, 0.2) is 5.38 Å². The van der Waals surface area contributed by atoms with Crippen molar-refractivity contribution in [3.05, 3.63) is 16.1 Å². The summed E-state index contributed by atoms with van der Waals surface area (Å²) in [6.45, 7) is 4.83. The monoisotopic (exact) mass is 255 g/mol. The number of hydrogen-bond acceptors (Lipinski definition) is 4. The van der Waals surface area contributed by atoms with E-state index in [1.807, 2.05) is 19.2 Å². The minimum absolute atomic E-state index is 0.242. The highest BCUT2D eigenvalue weighted by molar-refractivity contribution is 7.09. The molecule has 4 heteroatoms. The second-order valence-electron chi connectivity index (χ2n) is 4.89. The number of thiazole rings is 1. The van der Waals surface area contributed by atoms with E-state index in [0.29, 0.717) is 18.4 Å². The van der Waals surface area contributed by atoms with E-state index in [9.17, 15) is 5.11 Å². The summed E-state index contributed by atoms with van der Waals surface area (Å²) in [5.41, 5.74) is 1.05. The van der Waals surface area contributed by atoms with Gasteiger partial charge in [0.05, 0.1) is 17.2 Å². The average Bonchev–Trinajstić information content (AvgIpc) is 2.61. The van der Waals surface area contributed by atoms with Crippen molar-refractivity contribution < 1.29 is 9.84 Å². The average molecular weight is 255 g/mol. The quantitative estimate of drug-likeness (QED) is 0.849. The third-order valence-electron chi connectivity index (χ3n) is 3.28. The summed E-state index contributed by atoms with van der Waals surface area (Å²) in [4.78, 5) is 4.38. The molecule has 0 aromatic carbocycles. The number of aromatic nitrogens is 1. The lowest BCUT2D eigenvalue weighted by atomic mass is 9.78. The summed E-state index contributed by atoms with van der Waals surface area (Å²) in [6.07, 6.45) is 4.02. The second-order valence-corrected chi connectivity index (χ2v) is 5.83. The zero-order valence-electron chi connectivity index (χ0n) is 10.6. The number of nitrogens with zero attached hydrogens (tertiary/aromatic N) is 1. The van der Waals surface area contributed by atoms with Crippen LogP contribution in [0.1, 0.15) is 36.9 Å². The van der Waals surface area contributed by atoms with Gasteiger partial charge in [0.25, 0.3) is 0 Å². The second kappa shape index (κ2) is 5.94. The fourth-order valence-electron chi connectivity index (χ4n) is 2.40. The van der Waals surface area contributed by atoms with Crippen molar-refractivity contribution in [2.45, 2.75) is 51.7 Å². The van der Waals surface area contributed by atoms with Crippen molar-refractivity contribution in [3.63, 3.8) is 0 Å². The van der Waals surface area contributed by atoms with E-state index in [2.05, 4.69) is 4.98 Å². The Morgan fingerprint density at radius 2 is 2.35 bits per heavy atom. The highest BCUT2D eigenvalue weighted by atomic mass is 32.1. The molecule has 0 bridgehead atoms. The predicted octanol–water partition coefficient (Wildman–Crippen LogP) is 2.56. The molecule has 1 unspecified atom stereocenters. The van der Waals surface area contributed by atoms with E-state index in [1.54, 1.807) is 11.3 Å². The van der Waals surface area contributed by atoms with Crippen LogP contribution in [0.2, 0.25) is 0 Å². The first kappa shape index (κ1) is 13.0. The molecule has 1 saturated carbocycles. The first-order valence-corrected chi connectivity index (χ1v) is 7.26. The van der Waals surface area contributed by atoms with Crippen LogP contribution in [-0.4, -0.2) is 28.9 Å². The van der Waals surface area contributed by atoms with Gasteiger partial charge in [-0.05, 0) is 39.0 Å². The van der Waals surface area contributed by atoms with Crippen LogP contribution >= 0.6 is 11.3 Å². The molecule has 1 aliphatic rings. The van der Waals surface area contributed by atoms with Crippen LogP contribution in [0.25, 0.3) is 0 Å². The third kappa shape index (κ3) is 3.76. The van der Waals surface area contributed by atoms with Gasteiger partial charge in [0, 0.05) is 24.1 Å². The largest absolute Gasteiger partial charge is 0.393 e. The van der Waals surface area contributed by atoms with E-state index >= 15 is 0 Å².